The molecule has 0 amide bonds. The molecule has 1 atom stereocenters. The third-order valence-corrected chi connectivity index (χ3v) is 6.73. The van der Waals surface area contributed by atoms with Gasteiger partial charge >= 0.3 is 0 Å². The van der Waals surface area contributed by atoms with E-state index in [4.69, 9.17) is 0 Å². The van der Waals surface area contributed by atoms with Crippen molar-refractivity contribution in [1.29, 1.82) is 0 Å². The van der Waals surface area contributed by atoms with Crippen molar-refractivity contribution in [2.45, 2.75) is 78.8 Å². The minimum Gasteiger partial charge on any atom is -0.307 e. The van der Waals surface area contributed by atoms with Gasteiger partial charge in [-0.1, -0.05) is 27.2 Å². The van der Waals surface area contributed by atoms with Gasteiger partial charge in [0.25, 0.3) is 0 Å². The van der Waals surface area contributed by atoms with E-state index in [1.54, 1.807) is 0 Å². The maximum Gasteiger partial charge on any atom is 0.0390 e. The smallest absolute Gasteiger partial charge is 0.0390 e. The van der Waals surface area contributed by atoms with Gasteiger partial charge in [0.15, 0.2) is 0 Å². The highest BCUT2D eigenvalue weighted by Gasteiger charge is 2.32. The van der Waals surface area contributed by atoms with Gasteiger partial charge < -0.3 is 5.32 Å². The van der Waals surface area contributed by atoms with Crippen molar-refractivity contribution in [3.05, 3.63) is 21.9 Å². The Bertz CT molecular complexity index is 413. The summed E-state index contributed by atoms with van der Waals surface area (Å²) in [6, 6.07) is 3.46. The first-order chi connectivity index (χ1) is 9.44. The number of nitrogens with one attached hydrogen (secondary N) is 1. The highest BCUT2D eigenvalue weighted by Crippen LogP contribution is 2.40. The third kappa shape index (κ3) is 3.65. The van der Waals surface area contributed by atoms with Gasteiger partial charge in [0.05, 0.1) is 0 Å². The number of rotatable bonds is 5. The molecule has 20 heavy (non-hydrogen) atoms. The van der Waals surface area contributed by atoms with Crippen molar-refractivity contribution < 1.29 is 0 Å². The van der Waals surface area contributed by atoms with Gasteiger partial charge in [-0.15, -0.1) is 11.3 Å². The van der Waals surface area contributed by atoms with Crippen LogP contribution in [0.2, 0.25) is 0 Å². The van der Waals surface area contributed by atoms with Crippen LogP contribution in [-0.4, -0.2) is 6.04 Å². The summed E-state index contributed by atoms with van der Waals surface area (Å²) < 4.78 is 0. The van der Waals surface area contributed by atoms with Crippen molar-refractivity contribution in [3.8, 4) is 0 Å². The fourth-order valence-corrected chi connectivity index (χ4v) is 4.53. The molecule has 1 aliphatic rings. The van der Waals surface area contributed by atoms with E-state index in [1.807, 2.05) is 11.3 Å². The Morgan fingerprint density at radius 3 is 2.45 bits per heavy atom. The zero-order chi connectivity index (χ0) is 14.8. The lowest BCUT2D eigenvalue weighted by Gasteiger charge is -2.39. The Morgan fingerprint density at radius 1 is 1.30 bits per heavy atom. The predicted molar refractivity (Wildman–Crippen MR) is 90.4 cm³/mol. The number of hydrogen-bond acceptors (Lipinski definition) is 2. The van der Waals surface area contributed by atoms with Crippen LogP contribution in [0.1, 0.15) is 76.3 Å². The van der Waals surface area contributed by atoms with Crippen molar-refractivity contribution >= 4 is 11.3 Å². The molecule has 0 bridgehead atoms. The van der Waals surface area contributed by atoms with Crippen molar-refractivity contribution in [2.75, 3.05) is 0 Å². The lowest BCUT2D eigenvalue weighted by molar-refractivity contribution is 0.134. The summed E-state index contributed by atoms with van der Waals surface area (Å²) in [6.45, 7) is 11.8. The second-order valence-electron chi connectivity index (χ2n) is 7.25. The van der Waals surface area contributed by atoms with E-state index in [0.29, 0.717) is 11.5 Å². The van der Waals surface area contributed by atoms with E-state index in [2.05, 4.69) is 51.4 Å². The molecule has 1 heterocycles. The van der Waals surface area contributed by atoms with E-state index >= 15 is 0 Å². The van der Waals surface area contributed by atoms with Crippen LogP contribution in [-0.2, 0) is 0 Å². The van der Waals surface area contributed by atoms with E-state index in [1.165, 1.54) is 42.5 Å². The van der Waals surface area contributed by atoms with Gasteiger partial charge in [-0.25, -0.2) is 0 Å². The molecule has 1 saturated carbocycles. The highest BCUT2D eigenvalue weighted by molar-refractivity contribution is 7.10. The van der Waals surface area contributed by atoms with Crippen LogP contribution in [0.5, 0.6) is 0 Å². The molecule has 1 N–H and O–H groups in total. The Hall–Kier alpha value is -0.340. The van der Waals surface area contributed by atoms with Gasteiger partial charge in [-0.3, -0.25) is 0 Å². The van der Waals surface area contributed by atoms with Crippen LogP contribution in [0.3, 0.4) is 0 Å². The molecular weight excluding hydrogens is 262 g/mol. The zero-order valence-electron chi connectivity index (χ0n) is 13.8. The van der Waals surface area contributed by atoms with Crippen LogP contribution in [0, 0.1) is 18.3 Å². The largest absolute Gasteiger partial charge is 0.307 e. The average molecular weight is 294 g/mol. The van der Waals surface area contributed by atoms with Crippen LogP contribution >= 0.6 is 11.3 Å². The maximum atomic E-state index is 3.86. The van der Waals surface area contributed by atoms with E-state index < -0.39 is 0 Å². The lowest BCUT2D eigenvalue weighted by Crippen LogP contribution is -2.37. The molecule has 1 aliphatic carbocycles. The monoisotopic (exact) mass is 293 g/mol. The standard InChI is InChI=1S/C18H31NS/c1-6-18(4,5)15-7-9-16(10-8-15)19-14(3)17-13(2)11-12-20-17/h11-12,14-16,19H,6-10H2,1-5H3. The molecule has 2 rings (SSSR count). The molecule has 0 saturated heterocycles. The summed E-state index contributed by atoms with van der Waals surface area (Å²) >= 11 is 1.89. The van der Waals surface area contributed by atoms with Gasteiger partial charge in [-0.05, 0) is 67.9 Å². The number of thiophene rings is 1. The zero-order valence-corrected chi connectivity index (χ0v) is 14.6. The topological polar surface area (TPSA) is 12.0 Å². The normalized spacial score (nSPS) is 25.6. The quantitative estimate of drug-likeness (QED) is 0.734. The molecule has 2 heteroatoms. The van der Waals surface area contributed by atoms with Crippen molar-refractivity contribution in [3.63, 3.8) is 0 Å². The average Bonchev–Trinajstić information content (AvgIpc) is 2.85. The Kier molecular flexibility index (Phi) is 5.30. The Labute approximate surface area is 129 Å². The second-order valence-corrected chi connectivity index (χ2v) is 8.19. The summed E-state index contributed by atoms with van der Waals surface area (Å²) in [4.78, 5) is 1.51. The van der Waals surface area contributed by atoms with Gasteiger partial charge in [0.1, 0.15) is 0 Å². The predicted octanol–water partition coefficient (Wildman–Crippen LogP) is 5.70. The molecular formula is C18H31NS. The lowest BCUT2D eigenvalue weighted by atomic mass is 9.69. The van der Waals surface area contributed by atoms with Gasteiger partial charge in [0, 0.05) is 17.0 Å². The van der Waals surface area contributed by atoms with Crippen LogP contribution < -0.4 is 5.32 Å². The van der Waals surface area contributed by atoms with Crippen molar-refractivity contribution in [1.82, 2.24) is 5.32 Å². The first kappa shape index (κ1) is 16.0. The fraction of sp³-hybridized carbons (Fsp3) is 0.778. The molecule has 0 spiro atoms. The summed E-state index contributed by atoms with van der Waals surface area (Å²) in [5, 5.41) is 6.07. The molecule has 114 valence electrons. The van der Waals surface area contributed by atoms with E-state index in [9.17, 15) is 0 Å². The Morgan fingerprint density at radius 2 is 1.95 bits per heavy atom. The molecule has 0 radical (unpaired) electrons. The molecule has 1 aromatic heterocycles. The minimum atomic E-state index is 0.510. The molecule has 0 aromatic carbocycles. The SMILES string of the molecule is CCC(C)(C)C1CCC(NC(C)c2sccc2C)CC1. The van der Waals surface area contributed by atoms with Crippen LogP contribution in [0.4, 0.5) is 0 Å². The first-order valence-electron chi connectivity index (χ1n) is 8.24. The molecule has 0 aliphatic heterocycles. The molecule has 1 nitrogen and oxygen atoms in total. The molecule has 1 unspecified atom stereocenters. The van der Waals surface area contributed by atoms with Crippen molar-refractivity contribution in [2.24, 2.45) is 11.3 Å². The maximum absolute atomic E-state index is 3.86. The van der Waals surface area contributed by atoms with Gasteiger partial charge in [0.2, 0.25) is 0 Å². The van der Waals surface area contributed by atoms with Crippen LogP contribution in [0.15, 0.2) is 11.4 Å². The Balaban J connectivity index is 1.84. The number of hydrogen-bond donors (Lipinski definition) is 1. The second kappa shape index (κ2) is 6.62. The third-order valence-electron chi connectivity index (χ3n) is 5.52. The summed E-state index contributed by atoms with van der Waals surface area (Å²) in [6.07, 6.45) is 6.80. The fourth-order valence-electron chi connectivity index (χ4n) is 3.59. The highest BCUT2D eigenvalue weighted by atomic mass is 32.1. The molecule has 1 fully saturated rings. The van der Waals surface area contributed by atoms with Crippen LogP contribution in [0.25, 0.3) is 0 Å². The minimum absolute atomic E-state index is 0.510. The van der Waals surface area contributed by atoms with E-state index in [0.717, 1.165) is 12.0 Å². The molecule has 1 aromatic rings. The number of aryl methyl sites for hydroxylation is 1. The van der Waals surface area contributed by atoms with Gasteiger partial charge in [-0.2, -0.15) is 0 Å². The van der Waals surface area contributed by atoms with E-state index in [-0.39, 0.29) is 0 Å². The summed E-state index contributed by atoms with van der Waals surface area (Å²) in [7, 11) is 0. The first-order valence-corrected chi connectivity index (χ1v) is 9.12. The summed E-state index contributed by atoms with van der Waals surface area (Å²) in [5.41, 5.74) is 1.97. The summed E-state index contributed by atoms with van der Waals surface area (Å²) in [5.74, 6) is 0.921.